The number of aromatic nitrogens is 4. The number of rotatable bonds is 7. The number of aryl methyl sites for hydroxylation is 2. The highest BCUT2D eigenvalue weighted by molar-refractivity contribution is 7.89. The normalized spacial score (nSPS) is 22.4. The van der Waals surface area contributed by atoms with Crippen molar-refractivity contribution in [3.63, 3.8) is 0 Å². The van der Waals surface area contributed by atoms with Crippen LogP contribution in [0.3, 0.4) is 0 Å². The second-order valence-corrected chi connectivity index (χ2v) is 14.3. The highest BCUT2D eigenvalue weighted by Gasteiger charge is 2.46. The van der Waals surface area contributed by atoms with Gasteiger partial charge in [-0.25, -0.2) is 22.6 Å². The summed E-state index contributed by atoms with van der Waals surface area (Å²) in [6.45, 7) is 12.8. The number of nitrogens with zero attached hydrogens (tertiary/aromatic N) is 4. The summed E-state index contributed by atoms with van der Waals surface area (Å²) >= 11 is 1.93. The van der Waals surface area contributed by atoms with E-state index >= 15 is 0 Å². The topological polar surface area (TPSA) is 95.4 Å². The Kier molecular flexibility index (Phi) is 6.02. The van der Waals surface area contributed by atoms with Gasteiger partial charge in [0.2, 0.25) is 10.0 Å². The minimum atomic E-state index is -3.16. The van der Waals surface area contributed by atoms with Crippen molar-refractivity contribution in [3.8, 4) is 11.3 Å². The third-order valence-electron chi connectivity index (χ3n) is 8.88. The highest BCUT2D eigenvalue weighted by Crippen LogP contribution is 2.53. The Hall–Kier alpha value is -2.27. The molecule has 6 rings (SSSR count). The summed E-state index contributed by atoms with van der Waals surface area (Å²) in [6.07, 6.45) is 6.03. The lowest BCUT2D eigenvalue weighted by atomic mass is 9.88. The number of piperidine rings is 1. The van der Waals surface area contributed by atoms with Gasteiger partial charge in [-0.15, -0.1) is 11.3 Å². The molecule has 2 fully saturated rings. The lowest BCUT2D eigenvalue weighted by Crippen LogP contribution is -2.39. The molecule has 5 heterocycles. The number of likely N-dealkylation sites (tertiary alicyclic amines) is 1. The van der Waals surface area contributed by atoms with Crippen LogP contribution < -0.4 is 4.72 Å². The molecule has 1 saturated heterocycles. The van der Waals surface area contributed by atoms with Crippen LogP contribution in [0, 0.1) is 26.7 Å². The molecule has 8 nitrogen and oxygen atoms in total. The van der Waals surface area contributed by atoms with E-state index in [1.165, 1.54) is 56.5 Å². The summed E-state index contributed by atoms with van der Waals surface area (Å²) in [7, 11) is -1.67. The van der Waals surface area contributed by atoms with E-state index in [0.29, 0.717) is 30.3 Å². The van der Waals surface area contributed by atoms with Crippen molar-refractivity contribution < 1.29 is 8.42 Å². The van der Waals surface area contributed by atoms with Crippen molar-refractivity contribution in [2.45, 2.75) is 65.3 Å². The van der Waals surface area contributed by atoms with E-state index in [4.69, 9.17) is 0 Å². The van der Waals surface area contributed by atoms with Crippen LogP contribution in [0.5, 0.6) is 0 Å². The molecule has 3 atom stereocenters. The maximum Gasteiger partial charge on any atom is 0.212 e. The fourth-order valence-corrected chi connectivity index (χ4v) is 8.94. The van der Waals surface area contributed by atoms with E-state index in [-0.39, 0.29) is 5.75 Å². The van der Waals surface area contributed by atoms with E-state index in [1.54, 1.807) is 6.33 Å². The second-order valence-electron chi connectivity index (χ2n) is 11.2. The smallest absolute Gasteiger partial charge is 0.212 e. The fraction of sp³-hybridized carbons (Fsp3) is 0.556. The molecular weight excluding hydrogens is 504 g/mol. The molecule has 198 valence electrons. The lowest BCUT2D eigenvalue weighted by molar-refractivity contribution is 0.211. The summed E-state index contributed by atoms with van der Waals surface area (Å²) in [4.78, 5) is 13.5. The average Bonchev–Trinajstić information content (AvgIpc) is 3.67. The molecule has 2 unspecified atom stereocenters. The van der Waals surface area contributed by atoms with Crippen LogP contribution in [0.4, 0.5) is 0 Å². The zero-order valence-electron chi connectivity index (χ0n) is 22.4. The molecule has 1 aliphatic carbocycles. The first-order chi connectivity index (χ1) is 17.6. The SMILES string of the molecule is CNS(=O)(=O)CCN1CC2CC1C[C@H]2c1sc2[nH]c(-c3cn4ncnc4c(C)c3C)c(C(C)C)c2c1C. The van der Waals surface area contributed by atoms with Gasteiger partial charge in [-0.3, -0.25) is 4.90 Å². The Morgan fingerprint density at radius 1 is 1.19 bits per heavy atom. The van der Waals surface area contributed by atoms with Crippen molar-refractivity contribution in [1.82, 2.24) is 29.2 Å². The molecule has 0 radical (unpaired) electrons. The second kappa shape index (κ2) is 8.90. The van der Waals surface area contributed by atoms with Crippen molar-refractivity contribution in [2.75, 3.05) is 25.9 Å². The Balaban J connectivity index is 1.34. The van der Waals surface area contributed by atoms with E-state index < -0.39 is 10.0 Å². The van der Waals surface area contributed by atoms with Gasteiger partial charge in [0, 0.05) is 41.2 Å². The van der Waals surface area contributed by atoms with Crippen LogP contribution in [0.2, 0.25) is 0 Å². The molecule has 1 saturated carbocycles. The van der Waals surface area contributed by atoms with Crippen LogP contribution in [-0.2, 0) is 10.0 Å². The predicted molar refractivity (Wildman–Crippen MR) is 150 cm³/mol. The van der Waals surface area contributed by atoms with E-state index in [0.717, 1.165) is 24.2 Å². The molecule has 1 aliphatic heterocycles. The number of aromatic amines is 1. The largest absolute Gasteiger partial charge is 0.346 e. The van der Waals surface area contributed by atoms with Gasteiger partial charge in [0.15, 0.2) is 5.65 Å². The zero-order chi connectivity index (χ0) is 26.2. The molecular formula is C27H36N6O2S2. The number of hydrogen-bond acceptors (Lipinski definition) is 6. The number of H-pyrrole nitrogens is 1. The van der Waals surface area contributed by atoms with Crippen molar-refractivity contribution >= 4 is 37.2 Å². The maximum absolute atomic E-state index is 11.9. The first-order valence-electron chi connectivity index (χ1n) is 13.2. The molecule has 37 heavy (non-hydrogen) atoms. The molecule has 0 aromatic carbocycles. The predicted octanol–water partition coefficient (Wildman–Crippen LogP) is 4.71. The molecule has 0 amide bonds. The number of thiophene rings is 1. The summed E-state index contributed by atoms with van der Waals surface area (Å²) in [5.41, 5.74) is 8.51. The quantitative estimate of drug-likeness (QED) is 0.354. The third-order valence-corrected chi connectivity index (χ3v) is 11.6. The van der Waals surface area contributed by atoms with E-state index in [9.17, 15) is 8.42 Å². The summed E-state index contributed by atoms with van der Waals surface area (Å²) in [6, 6.07) is 0.488. The molecule has 2 N–H and O–H groups in total. The minimum Gasteiger partial charge on any atom is -0.346 e. The van der Waals surface area contributed by atoms with Crippen LogP contribution in [0.25, 0.3) is 27.1 Å². The molecule has 4 aromatic rings. The fourth-order valence-electron chi connectivity index (χ4n) is 6.83. The molecule has 4 aromatic heterocycles. The van der Waals surface area contributed by atoms with Gasteiger partial charge in [-0.2, -0.15) is 5.10 Å². The summed E-state index contributed by atoms with van der Waals surface area (Å²) < 4.78 is 28.2. The van der Waals surface area contributed by atoms with Gasteiger partial charge in [-0.1, -0.05) is 13.8 Å². The maximum atomic E-state index is 11.9. The van der Waals surface area contributed by atoms with Crippen LogP contribution in [0.1, 0.15) is 65.7 Å². The molecule has 10 heteroatoms. The van der Waals surface area contributed by atoms with Gasteiger partial charge >= 0.3 is 0 Å². The highest BCUT2D eigenvalue weighted by atomic mass is 32.2. The summed E-state index contributed by atoms with van der Waals surface area (Å²) in [5, 5.41) is 5.81. The molecule has 0 spiro atoms. The van der Waals surface area contributed by atoms with Gasteiger partial charge in [0.25, 0.3) is 0 Å². The minimum absolute atomic E-state index is 0.179. The van der Waals surface area contributed by atoms with Crippen LogP contribution >= 0.6 is 11.3 Å². The Morgan fingerprint density at radius 2 is 1.97 bits per heavy atom. The molecule has 2 aliphatic rings. The molecule has 2 bridgehead atoms. The number of pyridine rings is 1. The Morgan fingerprint density at radius 3 is 2.65 bits per heavy atom. The Labute approximate surface area is 222 Å². The monoisotopic (exact) mass is 540 g/mol. The standard InChI is InChI=1S/C27H36N6O2S2/c1-14(2)22-23-17(5)25(20-10-19-9-18(20)11-32(19)7-8-37(34,35)28-6)36-27(23)31-24(22)21-12-33-26(29-13-30-33)16(4)15(21)3/h12-14,18-20,28,31H,7-11H2,1-6H3/t18?,19?,20-/m1/s1. The number of hydrogen-bond donors (Lipinski definition) is 2. The van der Waals surface area contributed by atoms with Crippen molar-refractivity contribution in [3.05, 3.63) is 39.7 Å². The Bertz CT molecular complexity index is 1610. The van der Waals surface area contributed by atoms with Crippen molar-refractivity contribution in [2.24, 2.45) is 5.92 Å². The number of fused-ring (bicyclic) bond motifs is 4. The van der Waals surface area contributed by atoms with Gasteiger partial charge in [0.05, 0.1) is 11.4 Å². The van der Waals surface area contributed by atoms with E-state index in [2.05, 4.69) is 65.5 Å². The third kappa shape index (κ3) is 3.95. The van der Waals surface area contributed by atoms with Gasteiger partial charge in [0.1, 0.15) is 11.2 Å². The first-order valence-corrected chi connectivity index (χ1v) is 15.7. The summed E-state index contributed by atoms with van der Waals surface area (Å²) in [5.74, 6) is 1.72. The zero-order valence-corrected chi connectivity index (χ0v) is 24.1. The lowest BCUT2D eigenvalue weighted by Gasteiger charge is -2.31. The van der Waals surface area contributed by atoms with Crippen LogP contribution in [0.15, 0.2) is 12.5 Å². The number of nitrogens with one attached hydrogen (secondary N) is 2. The number of sulfonamides is 1. The average molecular weight is 541 g/mol. The van der Waals surface area contributed by atoms with Gasteiger partial charge < -0.3 is 4.98 Å². The van der Waals surface area contributed by atoms with Crippen LogP contribution in [-0.4, -0.2) is 64.8 Å². The van der Waals surface area contributed by atoms with E-state index in [1.807, 2.05) is 15.9 Å². The van der Waals surface area contributed by atoms with Crippen molar-refractivity contribution in [1.29, 1.82) is 0 Å². The van der Waals surface area contributed by atoms with Gasteiger partial charge in [-0.05, 0) is 80.7 Å². The first kappa shape index (κ1) is 25.0.